The summed E-state index contributed by atoms with van der Waals surface area (Å²) in [5.74, 6) is -0.276. The first-order chi connectivity index (χ1) is 21.3. The fourth-order valence-corrected chi connectivity index (χ4v) is 7.13. The predicted molar refractivity (Wildman–Crippen MR) is 172 cm³/mol. The number of hydrogen-bond donors (Lipinski definition) is 0. The summed E-state index contributed by atoms with van der Waals surface area (Å²) in [6.45, 7) is 15.6. The van der Waals surface area contributed by atoms with Crippen LogP contribution in [-0.4, -0.2) is 47.4 Å². The Morgan fingerprint density at radius 1 is 0.761 bits per heavy atom. The number of benzene rings is 2. The third-order valence-electron chi connectivity index (χ3n) is 10.0. The number of thiophene rings is 1. The first-order valence-corrected chi connectivity index (χ1v) is 16.1. The summed E-state index contributed by atoms with van der Waals surface area (Å²) in [4.78, 5) is 0.718. The van der Waals surface area contributed by atoms with Gasteiger partial charge in [0.05, 0.1) is 50.5 Å². The molecule has 1 unspecified atom stereocenters. The van der Waals surface area contributed by atoms with Crippen molar-refractivity contribution in [3.05, 3.63) is 64.1 Å². The predicted octanol–water partition coefficient (Wildman–Crippen LogP) is 7.15. The fraction of sp³-hybridized carbons (Fsp3) is 0.455. The van der Waals surface area contributed by atoms with Gasteiger partial charge in [-0.15, -0.1) is 11.3 Å². The van der Waals surface area contributed by atoms with Crippen LogP contribution >= 0.6 is 11.3 Å². The maximum absolute atomic E-state index is 16.2. The Labute approximate surface area is 270 Å². The Hall–Kier alpha value is -2.83. The Morgan fingerprint density at radius 3 is 1.93 bits per heavy atom. The minimum absolute atomic E-state index is 0.162. The molecule has 3 aliphatic rings. The Bertz CT molecular complexity index is 1830. The van der Waals surface area contributed by atoms with E-state index in [9.17, 15) is 13.2 Å². The van der Waals surface area contributed by atoms with Gasteiger partial charge in [-0.2, -0.15) is 13.2 Å². The van der Waals surface area contributed by atoms with E-state index in [1.54, 1.807) is 12.1 Å². The fourth-order valence-electron chi connectivity index (χ4n) is 6.06. The molecular weight excluding hydrogens is 620 g/mol. The summed E-state index contributed by atoms with van der Waals surface area (Å²) in [5.41, 5.74) is 0.420. The minimum atomic E-state index is -4.35. The number of alkyl halides is 3. The van der Waals surface area contributed by atoms with Crippen LogP contribution in [-0.2, 0) is 25.0 Å². The standard InChI is InChI=1S/C33H35B2F4NO5S/c1-29(2)30(3,4)43-34(42-29)19-9-11-23-18(13-19)14-24-27-22(36)15-20(35-44-31(5,6)32(7,8)45-35)16-25(27)41-28(40(23)24)26-12-10-21(46-26)17-33(37,38)39/h9-16,28H,17H2,1-8H3. The molecule has 0 aliphatic carbocycles. The lowest BCUT2D eigenvalue weighted by Crippen LogP contribution is -2.41. The molecule has 0 bridgehead atoms. The SMILES string of the molecule is CC1(C)OB(c2cc(F)c3c(c2)OC(c2ccc(CC(F)(F)F)s2)n2c-3cc3cc(B4OC(C)(C)C(C)(C)O4)ccc32)OC1(C)C. The number of rotatable bonds is 4. The van der Waals surface area contributed by atoms with E-state index in [1.165, 1.54) is 12.1 Å². The lowest BCUT2D eigenvalue weighted by molar-refractivity contribution is -0.126. The molecule has 0 spiro atoms. The third-order valence-corrected chi connectivity index (χ3v) is 11.1. The third kappa shape index (κ3) is 5.10. The highest BCUT2D eigenvalue weighted by atomic mass is 32.1. The molecule has 0 N–H and O–H groups in total. The van der Waals surface area contributed by atoms with Gasteiger partial charge in [-0.25, -0.2) is 4.39 Å². The molecule has 13 heteroatoms. The first kappa shape index (κ1) is 31.8. The van der Waals surface area contributed by atoms with Crippen molar-refractivity contribution in [3.8, 4) is 17.0 Å². The molecule has 7 rings (SSSR count). The second kappa shape index (κ2) is 10.1. The molecule has 2 saturated heterocycles. The Morgan fingerprint density at radius 2 is 1.35 bits per heavy atom. The number of hydrogen-bond acceptors (Lipinski definition) is 6. The van der Waals surface area contributed by atoms with E-state index < -0.39 is 61.3 Å². The molecular formula is C33H35B2F4NO5S. The second-order valence-corrected chi connectivity index (χ2v) is 15.5. The van der Waals surface area contributed by atoms with E-state index in [1.807, 2.05) is 84.2 Å². The van der Waals surface area contributed by atoms with E-state index in [4.69, 9.17) is 23.4 Å². The second-order valence-electron chi connectivity index (χ2n) is 14.3. The van der Waals surface area contributed by atoms with Gasteiger partial charge in [0, 0.05) is 10.3 Å². The van der Waals surface area contributed by atoms with Gasteiger partial charge in [-0.05, 0) is 103 Å². The average Bonchev–Trinajstić information content (AvgIpc) is 3.63. The van der Waals surface area contributed by atoms with Crippen molar-refractivity contribution in [3.63, 3.8) is 0 Å². The van der Waals surface area contributed by atoms with Crippen LogP contribution in [0.25, 0.3) is 22.2 Å². The number of halogens is 4. The molecule has 2 aromatic heterocycles. The summed E-state index contributed by atoms with van der Waals surface area (Å²) < 4.78 is 89.3. The molecule has 0 radical (unpaired) electrons. The number of fused-ring (bicyclic) bond motifs is 5. The van der Waals surface area contributed by atoms with Crippen molar-refractivity contribution in [2.45, 2.75) is 96.6 Å². The van der Waals surface area contributed by atoms with Crippen molar-refractivity contribution in [1.82, 2.24) is 4.57 Å². The van der Waals surface area contributed by atoms with Crippen LogP contribution in [0.15, 0.2) is 48.5 Å². The van der Waals surface area contributed by atoms with Gasteiger partial charge in [0.1, 0.15) is 11.6 Å². The van der Waals surface area contributed by atoms with E-state index in [2.05, 4.69) is 0 Å². The van der Waals surface area contributed by atoms with Crippen LogP contribution in [0.3, 0.4) is 0 Å². The maximum atomic E-state index is 16.2. The van der Waals surface area contributed by atoms with E-state index in [0.29, 0.717) is 16.0 Å². The zero-order valence-corrected chi connectivity index (χ0v) is 27.8. The summed E-state index contributed by atoms with van der Waals surface area (Å²) >= 11 is 1.02. The molecule has 1 atom stereocenters. The highest BCUT2D eigenvalue weighted by Crippen LogP contribution is 2.47. The summed E-state index contributed by atoms with van der Waals surface area (Å²) in [5, 5.41) is 0.783. The van der Waals surface area contributed by atoms with Gasteiger partial charge >= 0.3 is 20.4 Å². The molecule has 6 nitrogen and oxygen atoms in total. The largest absolute Gasteiger partial charge is 0.495 e. The van der Waals surface area contributed by atoms with Gasteiger partial charge in [0.15, 0.2) is 0 Å². The monoisotopic (exact) mass is 655 g/mol. The summed E-state index contributed by atoms with van der Waals surface area (Å²) in [6, 6.07) is 13.8. The molecule has 46 heavy (non-hydrogen) atoms. The van der Waals surface area contributed by atoms with Crippen LogP contribution in [0.5, 0.6) is 5.75 Å². The van der Waals surface area contributed by atoms with Crippen molar-refractivity contribution in [1.29, 1.82) is 0 Å². The smallest absolute Gasteiger partial charge is 0.464 e. The first-order valence-electron chi connectivity index (χ1n) is 15.3. The minimum Gasteiger partial charge on any atom is -0.464 e. The normalized spacial score (nSPS) is 22.7. The number of nitrogens with zero attached hydrogens (tertiary/aromatic N) is 1. The maximum Gasteiger partial charge on any atom is 0.495 e. The Kier molecular flexibility index (Phi) is 6.96. The molecule has 5 heterocycles. The number of ether oxygens (including phenoxy) is 1. The van der Waals surface area contributed by atoms with E-state index in [0.717, 1.165) is 27.7 Å². The zero-order valence-electron chi connectivity index (χ0n) is 27.0. The number of aromatic nitrogens is 1. The van der Waals surface area contributed by atoms with E-state index in [-0.39, 0.29) is 16.2 Å². The summed E-state index contributed by atoms with van der Waals surface area (Å²) in [6.07, 6.45) is -6.24. The Balaban J connectivity index is 1.35. The van der Waals surface area contributed by atoms with Gasteiger partial charge in [-0.3, -0.25) is 4.57 Å². The van der Waals surface area contributed by atoms with Gasteiger partial charge in [-0.1, -0.05) is 12.1 Å². The summed E-state index contributed by atoms with van der Waals surface area (Å²) in [7, 11) is -1.44. The zero-order chi connectivity index (χ0) is 33.2. The molecule has 2 aromatic carbocycles. The molecule has 2 fully saturated rings. The molecule has 242 valence electrons. The average molecular weight is 655 g/mol. The van der Waals surface area contributed by atoms with Crippen LogP contribution in [0.4, 0.5) is 17.6 Å². The van der Waals surface area contributed by atoms with Gasteiger partial charge in [0.25, 0.3) is 0 Å². The van der Waals surface area contributed by atoms with Crippen LogP contribution in [0, 0.1) is 5.82 Å². The highest BCUT2D eigenvalue weighted by Gasteiger charge is 2.53. The van der Waals surface area contributed by atoms with Crippen LogP contribution in [0.2, 0.25) is 0 Å². The quantitative estimate of drug-likeness (QED) is 0.173. The molecule has 0 amide bonds. The van der Waals surface area contributed by atoms with E-state index >= 15 is 4.39 Å². The van der Waals surface area contributed by atoms with Crippen molar-refractivity contribution in [2.24, 2.45) is 0 Å². The molecule has 3 aliphatic heterocycles. The van der Waals surface area contributed by atoms with Crippen LogP contribution < -0.4 is 15.7 Å². The molecule has 4 aromatic rings. The van der Waals surface area contributed by atoms with Gasteiger partial charge in [0.2, 0.25) is 6.23 Å². The lowest BCUT2D eigenvalue weighted by Gasteiger charge is -2.32. The van der Waals surface area contributed by atoms with Gasteiger partial charge < -0.3 is 23.4 Å². The van der Waals surface area contributed by atoms with Crippen LogP contribution in [0.1, 0.15) is 71.4 Å². The van der Waals surface area contributed by atoms with Crippen molar-refractivity contribution < 1.29 is 40.9 Å². The van der Waals surface area contributed by atoms with Crippen molar-refractivity contribution >= 4 is 47.4 Å². The lowest BCUT2D eigenvalue weighted by atomic mass is 9.78. The molecule has 0 saturated carbocycles. The highest BCUT2D eigenvalue weighted by molar-refractivity contribution is 7.12. The van der Waals surface area contributed by atoms with Crippen molar-refractivity contribution in [2.75, 3.05) is 0 Å². The topological polar surface area (TPSA) is 51.1 Å².